The molecule has 3 nitrogen and oxygen atoms in total. The first-order chi connectivity index (χ1) is 12.7. The number of nitrogens with zero attached hydrogens (tertiary/aromatic N) is 3. The number of benzene rings is 2. The summed E-state index contributed by atoms with van der Waals surface area (Å²) in [5, 5.41) is 5.23. The van der Waals surface area contributed by atoms with E-state index in [0.717, 1.165) is 0 Å². The van der Waals surface area contributed by atoms with Crippen LogP contribution in [0.2, 0.25) is 6.82 Å². The largest absolute Gasteiger partial charge is 0.351 e. The fourth-order valence-electron chi connectivity index (χ4n) is 4.99. The van der Waals surface area contributed by atoms with Gasteiger partial charge >= 0.3 is 6.85 Å². The maximum atomic E-state index is 2.52. The SMILES string of the molecule is CB1C(C(C)(C)C)=c2ccccc2=C(C)N1N1c2ccccc2N(C)[C@@H]1C. The van der Waals surface area contributed by atoms with E-state index >= 15 is 0 Å². The summed E-state index contributed by atoms with van der Waals surface area (Å²) >= 11 is 0. The lowest BCUT2D eigenvalue weighted by Gasteiger charge is -2.47. The lowest BCUT2D eigenvalue weighted by molar-refractivity contribution is 0.468. The Bertz CT molecular complexity index is 1000. The van der Waals surface area contributed by atoms with Crippen LogP contribution in [0.15, 0.2) is 48.5 Å². The Hall–Kier alpha value is -2.36. The van der Waals surface area contributed by atoms with E-state index in [2.05, 4.69) is 112 Å². The highest BCUT2D eigenvalue weighted by Gasteiger charge is 2.42. The third kappa shape index (κ3) is 2.57. The minimum atomic E-state index is 0.100. The van der Waals surface area contributed by atoms with Gasteiger partial charge in [-0.2, -0.15) is 0 Å². The van der Waals surface area contributed by atoms with E-state index in [1.807, 2.05) is 0 Å². The topological polar surface area (TPSA) is 9.72 Å². The first-order valence-corrected chi connectivity index (χ1v) is 9.94. The average Bonchev–Trinajstić information content (AvgIpc) is 2.86. The molecule has 0 radical (unpaired) electrons. The van der Waals surface area contributed by atoms with Crippen molar-refractivity contribution < 1.29 is 0 Å². The van der Waals surface area contributed by atoms with E-state index in [-0.39, 0.29) is 11.6 Å². The van der Waals surface area contributed by atoms with Crippen molar-refractivity contribution in [3.63, 3.8) is 0 Å². The third-order valence-corrected chi connectivity index (χ3v) is 6.20. The van der Waals surface area contributed by atoms with Gasteiger partial charge in [-0.05, 0) is 36.6 Å². The number of hydrogen-bond acceptors (Lipinski definition) is 3. The molecule has 2 aromatic carbocycles. The molecule has 0 amide bonds. The van der Waals surface area contributed by atoms with E-state index in [0.29, 0.717) is 6.85 Å². The number of hydrazine groups is 1. The third-order valence-electron chi connectivity index (χ3n) is 6.20. The Morgan fingerprint density at radius 1 is 0.889 bits per heavy atom. The summed E-state index contributed by atoms with van der Waals surface area (Å²) in [6.07, 6.45) is 0.270. The number of anilines is 2. The smallest absolute Gasteiger partial charge is 0.307 e. The summed E-state index contributed by atoms with van der Waals surface area (Å²) in [6, 6.07) is 17.6. The molecule has 0 aromatic heterocycles. The monoisotopic (exact) mass is 359 g/mol. The molecule has 4 heteroatoms. The molecule has 0 bridgehead atoms. The molecular weight excluding hydrogens is 329 g/mol. The number of para-hydroxylation sites is 2. The highest BCUT2D eigenvalue weighted by atomic mass is 15.7. The van der Waals surface area contributed by atoms with Crippen LogP contribution in [0.25, 0.3) is 11.2 Å². The van der Waals surface area contributed by atoms with E-state index in [4.69, 9.17) is 0 Å². The molecule has 0 N–H and O–H groups in total. The van der Waals surface area contributed by atoms with Crippen LogP contribution in [0.3, 0.4) is 0 Å². The fourth-order valence-corrected chi connectivity index (χ4v) is 4.99. The molecule has 0 spiro atoms. The molecule has 2 aliphatic heterocycles. The molecule has 2 heterocycles. The van der Waals surface area contributed by atoms with Gasteiger partial charge in [-0.1, -0.05) is 69.5 Å². The van der Waals surface area contributed by atoms with Crippen molar-refractivity contribution in [3.05, 3.63) is 59.0 Å². The maximum absolute atomic E-state index is 2.52. The molecular formula is C23H30BN3. The first kappa shape index (κ1) is 18.0. The number of rotatable bonds is 1. The minimum absolute atomic E-state index is 0.100. The van der Waals surface area contributed by atoms with Crippen LogP contribution in [0.1, 0.15) is 34.6 Å². The van der Waals surface area contributed by atoms with Crippen molar-refractivity contribution in [1.82, 2.24) is 4.92 Å². The lowest BCUT2D eigenvalue weighted by Crippen LogP contribution is -2.61. The van der Waals surface area contributed by atoms with Gasteiger partial charge in [0.2, 0.25) is 0 Å². The van der Waals surface area contributed by atoms with Crippen molar-refractivity contribution in [1.29, 1.82) is 0 Å². The normalized spacial score (nSPS) is 19.6. The minimum Gasteiger partial charge on any atom is -0.351 e. The molecule has 2 aliphatic rings. The Morgan fingerprint density at radius 3 is 2.07 bits per heavy atom. The van der Waals surface area contributed by atoms with Gasteiger partial charge < -0.3 is 9.82 Å². The van der Waals surface area contributed by atoms with E-state index < -0.39 is 0 Å². The average molecular weight is 359 g/mol. The van der Waals surface area contributed by atoms with Crippen LogP contribution in [-0.2, 0) is 0 Å². The molecule has 0 saturated heterocycles. The summed E-state index contributed by atoms with van der Waals surface area (Å²) in [5.41, 5.74) is 5.50. The summed E-state index contributed by atoms with van der Waals surface area (Å²) in [5.74, 6) is 0. The van der Waals surface area contributed by atoms with Crippen molar-refractivity contribution in [2.75, 3.05) is 17.0 Å². The van der Waals surface area contributed by atoms with Crippen molar-refractivity contribution >= 4 is 29.4 Å². The Kier molecular flexibility index (Phi) is 4.06. The maximum Gasteiger partial charge on any atom is 0.307 e. The molecule has 0 aliphatic carbocycles. The Labute approximate surface area is 163 Å². The zero-order chi connectivity index (χ0) is 19.5. The highest BCUT2D eigenvalue weighted by Crippen LogP contribution is 2.42. The zero-order valence-electron chi connectivity index (χ0n) is 17.6. The summed E-state index contributed by atoms with van der Waals surface area (Å²) < 4.78 is 0. The second-order valence-corrected chi connectivity index (χ2v) is 8.89. The van der Waals surface area contributed by atoms with E-state index in [1.54, 1.807) is 0 Å². The van der Waals surface area contributed by atoms with Gasteiger partial charge in [0, 0.05) is 18.0 Å². The van der Waals surface area contributed by atoms with Crippen LogP contribution >= 0.6 is 0 Å². The van der Waals surface area contributed by atoms with Gasteiger partial charge in [-0.25, -0.2) is 0 Å². The number of fused-ring (bicyclic) bond motifs is 2. The summed E-state index contributed by atoms with van der Waals surface area (Å²) in [7, 11) is 2.19. The number of hydrogen-bond donors (Lipinski definition) is 0. The zero-order valence-corrected chi connectivity index (χ0v) is 17.6. The molecule has 27 heavy (non-hydrogen) atoms. The van der Waals surface area contributed by atoms with Gasteiger partial charge in [-0.15, -0.1) is 0 Å². The van der Waals surface area contributed by atoms with Crippen LogP contribution in [0.4, 0.5) is 11.4 Å². The molecule has 2 aromatic rings. The predicted molar refractivity (Wildman–Crippen MR) is 118 cm³/mol. The molecule has 4 rings (SSSR count). The standard InChI is InChI=1S/C23H30BN3/c1-16-18-12-8-9-13-19(18)22(23(3,4)5)24(6)27(16)26-17(2)25(7)20-14-10-11-15-21(20)26/h8-15,17H,1-7H3/t17-/m0/s1. The van der Waals surface area contributed by atoms with Crippen LogP contribution < -0.4 is 20.3 Å². The van der Waals surface area contributed by atoms with Crippen molar-refractivity contribution in [2.45, 2.75) is 47.6 Å². The van der Waals surface area contributed by atoms with Crippen LogP contribution in [0.5, 0.6) is 0 Å². The van der Waals surface area contributed by atoms with Gasteiger partial charge in [0.05, 0.1) is 11.4 Å². The van der Waals surface area contributed by atoms with Gasteiger partial charge in [0.25, 0.3) is 0 Å². The fraction of sp³-hybridized carbons (Fsp3) is 0.391. The second kappa shape index (κ2) is 6.08. The van der Waals surface area contributed by atoms with Crippen molar-refractivity contribution in [2.24, 2.45) is 5.41 Å². The molecule has 1 atom stereocenters. The molecule has 0 unspecified atom stereocenters. The van der Waals surface area contributed by atoms with Crippen LogP contribution in [-0.4, -0.2) is 25.0 Å². The molecule has 0 saturated carbocycles. The Morgan fingerprint density at radius 2 is 1.44 bits per heavy atom. The van der Waals surface area contributed by atoms with Gasteiger partial charge in [0.1, 0.15) is 6.17 Å². The van der Waals surface area contributed by atoms with E-state index in [1.165, 1.54) is 33.0 Å². The first-order valence-electron chi connectivity index (χ1n) is 9.94. The summed E-state index contributed by atoms with van der Waals surface area (Å²) in [6.45, 7) is 14.2. The second-order valence-electron chi connectivity index (χ2n) is 8.89. The quantitative estimate of drug-likeness (QED) is 0.719. The van der Waals surface area contributed by atoms with Crippen LogP contribution in [0, 0.1) is 5.41 Å². The lowest BCUT2D eigenvalue weighted by atomic mass is 9.48. The molecule has 0 fully saturated rings. The molecule has 140 valence electrons. The summed E-state index contributed by atoms with van der Waals surface area (Å²) in [4.78, 5) is 4.89. The van der Waals surface area contributed by atoms with E-state index in [9.17, 15) is 0 Å². The Balaban J connectivity index is 1.98. The predicted octanol–water partition coefficient (Wildman–Crippen LogP) is 3.71. The van der Waals surface area contributed by atoms with Gasteiger partial charge in [0.15, 0.2) is 0 Å². The van der Waals surface area contributed by atoms with Gasteiger partial charge in [-0.3, -0.25) is 5.01 Å². The van der Waals surface area contributed by atoms with Crippen molar-refractivity contribution in [3.8, 4) is 0 Å². The highest BCUT2D eigenvalue weighted by molar-refractivity contribution is 6.75.